The third-order valence-electron chi connectivity index (χ3n) is 5.07. The van der Waals surface area contributed by atoms with Gasteiger partial charge >= 0.3 is 5.69 Å². The molecule has 0 fully saturated rings. The molecule has 0 saturated carbocycles. The van der Waals surface area contributed by atoms with Crippen molar-refractivity contribution in [3.05, 3.63) is 74.4 Å². The van der Waals surface area contributed by atoms with Gasteiger partial charge in [-0.1, -0.05) is 36.8 Å². The number of para-hydroxylation sites is 1. The number of aryl methyl sites for hydroxylation is 2. The monoisotopic (exact) mass is 379 g/mol. The first-order chi connectivity index (χ1) is 13.3. The van der Waals surface area contributed by atoms with Gasteiger partial charge in [-0.3, -0.25) is 18.7 Å². The molecule has 0 aliphatic rings. The number of hydrogen-bond acceptors (Lipinski definition) is 3. The van der Waals surface area contributed by atoms with Crippen molar-refractivity contribution in [2.75, 3.05) is 5.32 Å². The van der Waals surface area contributed by atoms with Crippen LogP contribution in [0, 0.1) is 13.8 Å². The molecule has 0 aliphatic carbocycles. The lowest BCUT2D eigenvalue weighted by Crippen LogP contribution is -2.43. The minimum atomic E-state index is -0.464. The SMILES string of the molecule is CCC(C)n1c(=O)c2ccccc2n(CC(=O)Nc2ccc(C)cc2C)c1=O. The molecule has 146 valence electrons. The van der Waals surface area contributed by atoms with Crippen molar-refractivity contribution in [3.8, 4) is 0 Å². The fraction of sp³-hybridized carbons (Fsp3) is 0.318. The molecule has 6 nitrogen and oxygen atoms in total. The summed E-state index contributed by atoms with van der Waals surface area (Å²) in [6.45, 7) is 7.50. The van der Waals surface area contributed by atoms with E-state index in [-0.39, 0.29) is 24.1 Å². The van der Waals surface area contributed by atoms with E-state index in [4.69, 9.17) is 0 Å². The Bertz CT molecular complexity index is 1160. The number of fused-ring (bicyclic) bond motifs is 1. The van der Waals surface area contributed by atoms with E-state index in [1.165, 1.54) is 9.13 Å². The highest BCUT2D eigenvalue weighted by atomic mass is 16.2. The number of nitrogens with one attached hydrogen (secondary N) is 1. The van der Waals surface area contributed by atoms with E-state index in [0.717, 1.165) is 11.1 Å². The fourth-order valence-corrected chi connectivity index (χ4v) is 3.35. The van der Waals surface area contributed by atoms with E-state index < -0.39 is 5.69 Å². The van der Waals surface area contributed by atoms with Gasteiger partial charge < -0.3 is 5.32 Å². The van der Waals surface area contributed by atoms with Crippen molar-refractivity contribution in [2.45, 2.75) is 46.7 Å². The summed E-state index contributed by atoms with van der Waals surface area (Å²) >= 11 is 0. The second-order valence-electron chi connectivity index (χ2n) is 7.18. The average Bonchev–Trinajstić information content (AvgIpc) is 2.67. The highest BCUT2D eigenvalue weighted by Gasteiger charge is 2.18. The van der Waals surface area contributed by atoms with E-state index in [0.29, 0.717) is 23.0 Å². The average molecular weight is 379 g/mol. The van der Waals surface area contributed by atoms with Crippen LogP contribution in [0.25, 0.3) is 10.9 Å². The van der Waals surface area contributed by atoms with Crippen molar-refractivity contribution in [1.82, 2.24) is 9.13 Å². The zero-order chi connectivity index (χ0) is 20.4. The van der Waals surface area contributed by atoms with E-state index in [1.807, 2.05) is 45.9 Å². The number of amides is 1. The van der Waals surface area contributed by atoms with Crippen molar-refractivity contribution in [3.63, 3.8) is 0 Å². The molecule has 1 N–H and O–H groups in total. The quantitative estimate of drug-likeness (QED) is 0.738. The molecule has 28 heavy (non-hydrogen) atoms. The Kier molecular flexibility index (Phi) is 5.49. The fourth-order valence-electron chi connectivity index (χ4n) is 3.35. The van der Waals surface area contributed by atoms with Crippen molar-refractivity contribution >= 4 is 22.5 Å². The largest absolute Gasteiger partial charge is 0.332 e. The van der Waals surface area contributed by atoms with Crippen LogP contribution in [0.5, 0.6) is 0 Å². The van der Waals surface area contributed by atoms with Gasteiger partial charge in [0.15, 0.2) is 0 Å². The van der Waals surface area contributed by atoms with Crippen molar-refractivity contribution in [2.24, 2.45) is 0 Å². The first-order valence-electron chi connectivity index (χ1n) is 9.44. The van der Waals surface area contributed by atoms with Gasteiger partial charge in [0.05, 0.1) is 10.9 Å². The van der Waals surface area contributed by atoms with Gasteiger partial charge in [-0.25, -0.2) is 4.79 Å². The van der Waals surface area contributed by atoms with Gasteiger partial charge in [-0.2, -0.15) is 0 Å². The molecule has 0 radical (unpaired) electrons. The smallest absolute Gasteiger partial charge is 0.324 e. The number of rotatable bonds is 5. The molecule has 3 aromatic rings. The molecular formula is C22H25N3O3. The predicted molar refractivity (Wildman–Crippen MR) is 112 cm³/mol. The Hall–Kier alpha value is -3.15. The molecule has 1 amide bonds. The predicted octanol–water partition coefficient (Wildman–Crippen LogP) is 3.39. The Morgan fingerprint density at radius 2 is 1.82 bits per heavy atom. The first-order valence-corrected chi connectivity index (χ1v) is 9.44. The lowest BCUT2D eigenvalue weighted by Gasteiger charge is -2.17. The molecule has 1 atom stereocenters. The highest BCUT2D eigenvalue weighted by molar-refractivity contribution is 5.92. The number of benzene rings is 2. The molecule has 2 aromatic carbocycles. The van der Waals surface area contributed by atoms with Crippen LogP contribution in [0.15, 0.2) is 52.1 Å². The molecule has 1 unspecified atom stereocenters. The molecule has 0 saturated heterocycles. The van der Waals surface area contributed by atoms with Crippen LogP contribution in [0.3, 0.4) is 0 Å². The maximum absolute atomic E-state index is 13.0. The summed E-state index contributed by atoms with van der Waals surface area (Å²) in [5.74, 6) is -0.312. The first kappa shape index (κ1) is 19.6. The number of nitrogens with zero attached hydrogens (tertiary/aromatic N) is 2. The zero-order valence-electron chi connectivity index (χ0n) is 16.7. The van der Waals surface area contributed by atoms with Crippen LogP contribution in [-0.4, -0.2) is 15.0 Å². The van der Waals surface area contributed by atoms with Gasteiger partial charge in [0.25, 0.3) is 5.56 Å². The zero-order valence-corrected chi connectivity index (χ0v) is 16.7. The van der Waals surface area contributed by atoms with Crippen LogP contribution < -0.4 is 16.6 Å². The van der Waals surface area contributed by atoms with Gasteiger partial charge in [0.2, 0.25) is 5.91 Å². The molecule has 0 bridgehead atoms. The van der Waals surface area contributed by atoms with Crippen LogP contribution in [0.2, 0.25) is 0 Å². The maximum atomic E-state index is 13.0. The number of anilines is 1. The minimum Gasteiger partial charge on any atom is -0.324 e. The van der Waals surface area contributed by atoms with Crippen molar-refractivity contribution < 1.29 is 4.79 Å². The lowest BCUT2D eigenvalue weighted by molar-refractivity contribution is -0.116. The lowest BCUT2D eigenvalue weighted by atomic mass is 10.1. The number of hydrogen-bond donors (Lipinski definition) is 1. The van der Waals surface area contributed by atoms with Crippen molar-refractivity contribution in [1.29, 1.82) is 0 Å². The topological polar surface area (TPSA) is 73.1 Å². The van der Waals surface area contributed by atoms with Crippen LogP contribution in [0.4, 0.5) is 5.69 Å². The summed E-state index contributed by atoms with van der Waals surface area (Å²) < 4.78 is 2.62. The molecular weight excluding hydrogens is 354 g/mol. The molecule has 0 spiro atoms. The summed E-state index contributed by atoms with van der Waals surface area (Å²) in [5, 5.41) is 3.30. The van der Waals surface area contributed by atoms with E-state index >= 15 is 0 Å². The van der Waals surface area contributed by atoms with Crippen LogP contribution in [-0.2, 0) is 11.3 Å². The summed E-state index contributed by atoms with van der Waals surface area (Å²) in [5.41, 5.74) is 2.46. The number of carbonyl (C=O) groups excluding carboxylic acids is 1. The summed E-state index contributed by atoms with van der Waals surface area (Å²) in [4.78, 5) is 38.5. The van der Waals surface area contributed by atoms with E-state index in [2.05, 4.69) is 5.32 Å². The number of carbonyl (C=O) groups is 1. The van der Waals surface area contributed by atoms with Crippen LogP contribution >= 0.6 is 0 Å². The molecule has 1 aromatic heterocycles. The second-order valence-corrected chi connectivity index (χ2v) is 7.18. The molecule has 1 heterocycles. The Morgan fingerprint density at radius 3 is 2.50 bits per heavy atom. The highest BCUT2D eigenvalue weighted by Crippen LogP contribution is 2.16. The number of aromatic nitrogens is 2. The van der Waals surface area contributed by atoms with Gasteiger partial charge in [0, 0.05) is 11.7 Å². The molecule has 3 rings (SSSR count). The Balaban J connectivity index is 2.06. The summed E-state index contributed by atoms with van der Waals surface area (Å²) in [7, 11) is 0. The third kappa shape index (κ3) is 3.63. The Labute approximate surface area is 163 Å². The maximum Gasteiger partial charge on any atom is 0.332 e. The summed E-state index contributed by atoms with van der Waals surface area (Å²) in [6, 6.07) is 12.4. The summed E-state index contributed by atoms with van der Waals surface area (Å²) in [6.07, 6.45) is 0.641. The van der Waals surface area contributed by atoms with Crippen LogP contribution in [0.1, 0.15) is 37.4 Å². The standard InChI is InChI=1S/C22H25N3O3/c1-5-16(4)25-21(27)17-8-6-7-9-19(17)24(22(25)28)13-20(26)23-18-11-10-14(2)12-15(18)3/h6-12,16H,5,13H2,1-4H3,(H,23,26). The van der Waals surface area contributed by atoms with Gasteiger partial charge in [-0.15, -0.1) is 0 Å². The van der Waals surface area contributed by atoms with E-state index in [9.17, 15) is 14.4 Å². The molecule has 6 heteroatoms. The Morgan fingerprint density at radius 1 is 1.11 bits per heavy atom. The normalized spacial score (nSPS) is 12.1. The van der Waals surface area contributed by atoms with Gasteiger partial charge in [-0.05, 0) is 51.0 Å². The third-order valence-corrected chi connectivity index (χ3v) is 5.07. The van der Waals surface area contributed by atoms with E-state index in [1.54, 1.807) is 24.3 Å². The second kappa shape index (κ2) is 7.84. The van der Waals surface area contributed by atoms with Gasteiger partial charge in [0.1, 0.15) is 6.54 Å². The molecule has 0 aliphatic heterocycles. The minimum absolute atomic E-state index is 0.163.